The summed E-state index contributed by atoms with van der Waals surface area (Å²) in [5, 5.41) is 3.38. The lowest BCUT2D eigenvalue weighted by Gasteiger charge is -2.29. The van der Waals surface area contributed by atoms with E-state index in [-0.39, 0.29) is 24.0 Å². The molecule has 1 saturated heterocycles. The minimum absolute atomic E-state index is 0.148. The molecular weight excluding hydrogens is 424 g/mol. The fraction of sp³-hybridized carbons (Fsp3) is 0.409. The molecule has 0 spiro atoms. The summed E-state index contributed by atoms with van der Waals surface area (Å²) in [7, 11) is -3.59. The van der Waals surface area contributed by atoms with E-state index in [1.54, 1.807) is 18.2 Å². The average Bonchev–Trinajstić information content (AvgIpc) is 2.74. The molecule has 0 aromatic heterocycles. The Bertz CT molecular complexity index is 1000. The van der Waals surface area contributed by atoms with Crippen molar-refractivity contribution < 1.29 is 17.9 Å². The quantitative estimate of drug-likeness (QED) is 0.649. The molecule has 0 unspecified atom stereocenters. The lowest BCUT2D eigenvalue weighted by atomic mass is 10.0. The van der Waals surface area contributed by atoms with E-state index >= 15 is 0 Å². The molecule has 3 rings (SSSR count). The molecule has 0 atom stereocenters. The first-order valence-corrected chi connectivity index (χ1v) is 11.9. The Morgan fingerprint density at radius 2 is 1.93 bits per heavy atom. The van der Waals surface area contributed by atoms with Crippen LogP contribution in [0.25, 0.3) is 0 Å². The number of ether oxygens (including phenoxy) is 1. The number of hydrogen-bond donors (Lipinski definition) is 1. The number of nitrogens with one attached hydrogen (secondary N) is 1. The van der Waals surface area contributed by atoms with Gasteiger partial charge in [0.2, 0.25) is 10.0 Å². The fourth-order valence-corrected chi connectivity index (χ4v) is 4.96. The highest BCUT2D eigenvalue weighted by molar-refractivity contribution is 7.89. The highest BCUT2D eigenvalue weighted by Crippen LogP contribution is 2.24. The molecule has 6 nitrogen and oxygen atoms in total. The van der Waals surface area contributed by atoms with E-state index in [4.69, 9.17) is 16.3 Å². The van der Waals surface area contributed by atoms with Crippen LogP contribution in [0.1, 0.15) is 35.7 Å². The van der Waals surface area contributed by atoms with Crippen LogP contribution < -0.4 is 10.1 Å². The maximum absolute atomic E-state index is 12.9. The Balaban J connectivity index is 1.57. The molecule has 1 aliphatic heterocycles. The largest absolute Gasteiger partial charge is 0.492 e. The third-order valence-electron chi connectivity index (χ3n) is 5.28. The number of benzene rings is 2. The number of rotatable bonds is 7. The van der Waals surface area contributed by atoms with Gasteiger partial charge in [0.25, 0.3) is 5.91 Å². The van der Waals surface area contributed by atoms with Crippen molar-refractivity contribution in [3.05, 3.63) is 58.6 Å². The molecule has 1 amide bonds. The zero-order valence-corrected chi connectivity index (χ0v) is 18.8. The van der Waals surface area contributed by atoms with Gasteiger partial charge in [-0.05, 0) is 61.6 Å². The van der Waals surface area contributed by atoms with Crippen LogP contribution in [0.3, 0.4) is 0 Å². The predicted molar refractivity (Wildman–Crippen MR) is 118 cm³/mol. The van der Waals surface area contributed by atoms with Crippen LogP contribution in [0, 0.1) is 12.8 Å². The van der Waals surface area contributed by atoms with Crippen molar-refractivity contribution in [2.45, 2.75) is 31.6 Å². The number of sulfonamides is 1. The van der Waals surface area contributed by atoms with Crippen LogP contribution in [0.5, 0.6) is 5.75 Å². The Morgan fingerprint density at radius 1 is 1.20 bits per heavy atom. The van der Waals surface area contributed by atoms with Crippen molar-refractivity contribution in [2.24, 2.45) is 5.92 Å². The summed E-state index contributed by atoms with van der Waals surface area (Å²) in [5.74, 6) is 0.820. The van der Waals surface area contributed by atoms with Gasteiger partial charge >= 0.3 is 0 Å². The first kappa shape index (κ1) is 22.6. The van der Waals surface area contributed by atoms with Crippen LogP contribution in [0.4, 0.5) is 0 Å². The molecule has 0 bridgehead atoms. The fourth-order valence-electron chi connectivity index (χ4n) is 3.27. The smallest absolute Gasteiger partial charge is 0.251 e. The zero-order valence-electron chi connectivity index (χ0n) is 17.2. The summed E-state index contributed by atoms with van der Waals surface area (Å²) >= 11 is 6.07. The number of amides is 1. The molecule has 1 aliphatic rings. The molecule has 2 aromatic rings. The van der Waals surface area contributed by atoms with E-state index < -0.39 is 10.0 Å². The number of carbonyl (C=O) groups is 1. The topological polar surface area (TPSA) is 75.7 Å². The standard InChI is InChI=1S/C22H27ClN2O4S/c1-16-8-11-25(12-9-16)30(27,28)20-5-3-4-18(14-20)22(26)24-10-13-29-19-7-6-17(2)21(23)15-19/h3-7,14-16H,8-13H2,1-2H3,(H,24,26). The summed E-state index contributed by atoms with van der Waals surface area (Å²) in [6.45, 7) is 5.62. The zero-order chi connectivity index (χ0) is 21.7. The molecule has 1 N–H and O–H groups in total. The van der Waals surface area contributed by atoms with Gasteiger partial charge in [0.1, 0.15) is 12.4 Å². The molecule has 0 radical (unpaired) electrons. The SMILES string of the molecule is Cc1ccc(OCCNC(=O)c2cccc(S(=O)(=O)N3CCC(C)CC3)c2)cc1Cl. The molecule has 1 heterocycles. The van der Waals surface area contributed by atoms with Crippen LogP contribution in [0.15, 0.2) is 47.4 Å². The predicted octanol–water partition coefficient (Wildman–Crippen LogP) is 3.88. The minimum atomic E-state index is -3.59. The van der Waals surface area contributed by atoms with E-state index in [0.717, 1.165) is 18.4 Å². The lowest BCUT2D eigenvalue weighted by Crippen LogP contribution is -2.38. The van der Waals surface area contributed by atoms with Crippen LogP contribution in [0.2, 0.25) is 5.02 Å². The van der Waals surface area contributed by atoms with E-state index in [1.807, 2.05) is 19.1 Å². The molecule has 0 saturated carbocycles. The third kappa shape index (κ3) is 5.53. The summed E-state index contributed by atoms with van der Waals surface area (Å²) in [6, 6.07) is 11.6. The van der Waals surface area contributed by atoms with Gasteiger partial charge in [0, 0.05) is 23.7 Å². The summed E-state index contributed by atoms with van der Waals surface area (Å²) < 4.78 is 32.9. The third-order valence-corrected chi connectivity index (χ3v) is 7.58. The van der Waals surface area contributed by atoms with Crippen molar-refractivity contribution >= 4 is 27.5 Å². The van der Waals surface area contributed by atoms with E-state index in [1.165, 1.54) is 16.4 Å². The number of hydrogen-bond acceptors (Lipinski definition) is 4. The van der Waals surface area contributed by atoms with Crippen LogP contribution in [-0.2, 0) is 10.0 Å². The summed E-state index contributed by atoms with van der Waals surface area (Å²) in [4.78, 5) is 12.6. The molecule has 162 valence electrons. The Labute approximate surface area is 183 Å². The van der Waals surface area contributed by atoms with Crippen LogP contribution >= 0.6 is 11.6 Å². The van der Waals surface area contributed by atoms with E-state index in [0.29, 0.717) is 35.3 Å². The van der Waals surface area contributed by atoms with Gasteiger partial charge < -0.3 is 10.1 Å². The van der Waals surface area contributed by atoms with Gasteiger partial charge in [-0.25, -0.2) is 8.42 Å². The molecule has 0 aliphatic carbocycles. The maximum Gasteiger partial charge on any atom is 0.251 e. The molecule has 2 aromatic carbocycles. The number of halogens is 1. The normalized spacial score (nSPS) is 15.7. The van der Waals surface area contributed by atoms with Crippen molar-refractivity contribution in [1.29, 1.82) is 0 Å². The molecule has 8 heteroatoms. The van der Waals surface area contributed by atoms with E-state index in [2.05, 4.69) is 12.2 Å². The second kappa shape index (κ2) is 9.81. The summed E-state index contributed by atoms with van der Waals surface area (Å²) in [6.07, 6.45) is 1.71. The molecule has 30 heavy (non-hydrogen) atoms. The monoisotopic (exact) mass is 450 g/mol. The van der Waals surface area contributed by atoms with Gasteiger partial charge in [0.05, 0.1) is 11.4 Å². The van der Waals surface area contributed by atoms with E-state index in [9.17, 15) is 13.2 Å². The average molecular weight is 451 g/mol. The van der Waals surface area contributed by atoms with Gasteiger partial charge in [-0.1, -0.05) is 30.7 Å². The first-order chi connectivity index (χ1) is 14.3. The minimum Gasteiger partial charge on any atom is -0.492 e. The lowest BCUT2D eigenvalue weighted by molar-refractivity contribution is 0.0946. The highest BCUT2D eigenvalue weighted by Gasteiger charge is 2.28. The van der Waals surface area contributed by atoms with Gasteiger partial charge in [0.15, 0.2) is 0 Å². The number of nitrogens with zero attached hydrogens (tertiary/aromatic N) is 1. The Hall–Kier alpha value is -2.09. The van der Waals surface area contributed by atoms with Gasteiger partial charge in [-0.15, -0.1) is 0 Å². The van der Waals surface area contributed by atoms with Crippen molar-refractivity contribution in [3.63, 3.8) is 0 Å². The second-order valence-electron chi connectivity index (χ2n) is 7.63. The van der Waals surface area contributed by atoms with Crippen molar-refractivity contribution in [1.82, 2.24) is 9.62 Å². The summed E-state index contributed by atoms with van der Waals surface area (Å²) in [5.41, 5.74) is 1.27. The van der Waals surface area contributed by atoms with Crippen molar-refractivity contribution in [3.8, 4) is 5.75 Å². The van der Waals surface area contributed by atoms with Gasteiger partial charge in [-0.3, -0.25) is 4.79 Å². The number of aryl methyl sites for hydroxylation is 1. The maximum atomic E-state index is 12.9. The first-order valence-electron chi connectivity index (χ1n) is 10.0. The highest BCUT2D eigenvalue weighted by atomic mass is 35.5. The Morgan fingerprint density at radius 3 is 2.63 bits per heavy atom. The van der Waals surface area contributed by atoms with Crippen LogP contribution in [-0.4, -0.2) is 44.9 Å². The number of piperidine rings is 1. The second-order valence-corrected chi connectivity index (χ2v) is 9.97. The molecular formula is C22H27ClN2O4S. The molecule has 1 fully saturated rings. The number of carbonyl (C=O) groups excluding carboxylic acids is 1. The van der Waals surface area contributed by atoms with Crippen molar-refractivity contribution in [2.75, 3.05) is 26.2 Å². The van der Waals surface area contributed by atoms with Gasteiger partial charge in [-0.2, -0.15) is 4.31 Å². The Kier molecular flexibility index (Phi) is 7.39.